The summed E-state index contributed by atoms with van der Waals surface area (Å²) in [6.45, 7) is 4.36. The summed E-state index contributed by atoms with van der Waals surface area (Å²) >= 11 is 0. The number of amides is 1. The highest BCUT2D eigenvalue weighted by molar-refractivity contribution is 5.96. The predicted molar refractivity (Wildman–Crippen MR) is 119 cm³/mol. The van der Waals surface area contributed by atoms with Gasteiger partial charge in [-0.2, -0.15) is 0 Å². The molecular formula is C21H28N8O. The molecule has 0 atom stereocenters. The number of pyridine rings is 1. The summed E-state index contributed by atoms with van der Waals surface area (Å²) < 4.78 is 0. The van der Waals surface area contributed by atoms with E-state index in [-0.39, 0.29) is 24.0 Å². The largest absolute Gasteiger partial charge is 0.382 e. The summed E-state index contributed by atoms with van der Waals surface area (Å²) in [6, 6.07) is 8.13. The van der Waals surface area contributed by atoms with E-state index in [1.807, 2.05) is 44.1 Å². The summed E-state index contributed by atoms with van der Waals surface area (Å²) in [5, 5.41) is 3.91. The number of likely N-dealkylation sites (N-methyl/N-ethyl adjacent to an activating group) is 2. The van der Waals surface area contributed by atoms with Gasteiger partial charge >= 0.3 is 0 Å². The van der Waals surface area contributed by atoms with Gasteiger partial charge in [0.1, 0.15) is 5.82 Å². The van der Waals surface area contributed by atoms with Crippen LogP contribution in [0.15, 0.2) is 36.7 Å². The topological polar surface area (TPSA) is 126 Å². The Morgan fingerprint density at radius 2 is 1.93 bits per heavy atom. The molecule has 0 aliphatic rings. The number of nitrogen functional groups attached to an aromatic ring is 1. The number of carbonyl (C=O) groups excluding carboxylic acids is 1. The number of aromatic nitrogens is 3. The first kappa shape index (κ1) is 21.4. The second kappa shape index (κ2) is 9.47. The van der Waals surface area contributed by atoms with Crippen LogP contribution < -0.4 is 21.7 Å². The lowest BCUT2D eigenvalue weighted by Gasteiger charge is -2.25. The first-order valence-electron chi connectivity index (χ1n) is 9.74. The lowest BCUT2D eigenvalue weighted by atomic mass is 10.1. The number of fused-ring (bicyclic) bond motifs is 1. The average Bonchev–Trinajstić information content (AvgIpc) is 2.75. The van der Waals surface area contributed by atoms with E-state index >= 15 is 0 Å². The molecule has 0 saturated heterocycles. The number of nitrogens with one attached hydrogen (secondary N) is 1. The van der Waals surface area contributed by atoms with Crippen molar-refractivity contribution >= 4 is 28.4 Å². The third kappa shape index (κ3) is 4.81. The quantitative estimate of drug-likeness (QED) is 0.474. The maximum Gasteiger partial charge on any atom is 0.273 e. The van der Waals surface area contributed by atoms with E-state index in [2.05, 4.69) is 26.3 Å². The zero-order chi connectivity index (χ0) is 21.7. The zero-order valence-corrected chi connectivity index (χ0v) is 17.6. The number of nitrogens with zero attached hydrogens (tertiary/aromatic N) is 5. The van der Waals surface area contributed by atoms with Crippen molar-refractivity contribution < 1.29 is 4.79 Å². The van der Waals surface area contributed by atoms with Gasteiger partial charge < -0.3 is 21.7 Å². The molecule has 158 valence electrons. The molecule has 3 aromatic rings. The molecule has 9 nitrogen and oxygen atoms in total. The Morgan fingerprint density at radius 3 is 2.67 bits per heavy atom. The van der Waals surface area contributed by atoms with E-state index in [1.54, 1.807) is 0 Å². The Hall–Kier alpha value is -3.30. The molecular weight excluding hydrogens is 380 g/mol. The average molecular weight is 409 g/mol. The van der Waals surface area contributed by atoms with E-state index in [1.165, 1.54) is 12.4 Å². The number of hydrogen-bond acceptors (Lipinski definition) is 8. The van der Waals surface area contributed by atoms with Crippen molar-refractivity contribution in [2.75, 3.05) is 44.5 Å². The summed E-state index contributed by atoms with van der Waals surface area (Å²) in [5.74, 6) is 0.542. The van der Waals surface area contributed by atoms with Gasteiger partial charge in [-0.05, 0) is 25.6 Å². The lowest BCUT2D eigenvalue weighted by Crippen LogP contribution is -2.35. The van der Waals surface area contributed by atoms with Crippen molar-refractivity contribution in [3.63, 3.8) is 0 Å². The molecule has 0 aliphatic carbocycles. The van der Waals surface area contributed by atoms with E-state index in [4.69, 9.17) is 16.5 Å². The number of nitrogens with two attached hydrogens (primary N) is 2. The molecule has 0 spiro atoms. The van der Waals surface area contributed by atoms with Crippen molar-refractivity contribution in [3.05, 3.63) is 53.5 Å². The Bertz CT molecular complexity index is 1040. The molecule has 0 saturated carbocycles. The molecule has 0 bridgehead atoms. The van der Waals surface area contributed by atoms with Crippen LogP contribution >= 0.6 is 0 Å². The second-order valence-corrected chi connectivity index (χ2v) is 7.27. The minimum atomic E-state index is -0.374. The number of anilines is 2. The minimum absolute atomic E-state index is 0.101. The van der Waals surface area contributed by atoms with Crippen molar-refractivity contribution in [2.24, 2.45) is 5.73 Å². The fourth-order valence-corrected chi connectivity index (χ4v) is 3.14. The Kier molecular flexibility index (Phi) is 6.76. The van der Waals surface area contributed by atoms with E-state index in [0.717, 1.165) is 40.9 Å². The van der Waals surface area contributed by atoms with Gasteiger partial charge in [0.15, 0.2) is 11.5 Å². The number of aryl methyl sites for hydroxylation is 1. The first-order chi connectivity index (χ1) is 14.4. The van der Waals surface area contributed by atoms with Gasteiger partial charge in [0, 0.05) is 56.7 Å². The highest BCUT2D eigenvalue weighted by Gasteiger charge is 2.16. The Morgan fingerprint density at radius 1 is 1.17 bits per heavy atom. The van der Waals surface area contributed by atoms with Gasteiger partial charge in [0.25, 0.3) is 5.91 Å². The molecule has 0 fully saturated rings. The fraction of sp³-hybridized carbons (Fsp3) is 0.333. The third-order valence-corrected chi connectivity index (χ3v) is 4.98. The number of carbonyl (C=O) groups is 1. The maximum atomic E-state index is 12.5. The van der Waals surface area contributed by atoms with Crippen LogP contribution in [0, 0.1) is 6.92 Å². The van der Waals surface area contributed by atoms with Crippen LogP contribution in [0.2, 0.25) is 0 Å². The van der Waals surface area contributed by atoms with Crippen molar-refractivity contribution in [1.29, 1.82) is 0 Å². The number of rotatable bonds is 8. The molecule has 3 rings (SSSR count). The van der Waals surface area contributed by atoms with Crippen molar-refractivity contribution in [2.45, 2.75) is 13.5 Å². The molecule has 30 heavy (non-hydrogen) atoms. The molecule has 1 amide bonds. The van der Waals surface area contributed by atoms with Gasteiger partial charge in [0.2, 0.25) is 0 Å². The molecule has 9 heteroatoms. The first-order valence-corrected chi connectivity index (χ1v) is 9.74. The standard InChI is InChI=1S/C21H28N8O/c1-14-5-4-6-15-11-16(12-26-21(30)18-19(23)25-8-7-24-18)20(27-17(14)15)29(3)10-9-28(2)13-22/h4-8,11H,9-10,12-13,22H2,1-3H3,(H2,23,25)(H,26,30). The number of benzene rings is 1. The summed E-state index contributed by atoms with van der Waals surface area (Å²) in [6.07, 6.45) is 2.89. The van der Waals surface area contributed by atoms with Crippen LogP contribution in [0.25, 0.3) is 10.9 Å². The normalized spacial score (nSPS) is 11.1. The van der Waals surface area contributed by atoms with Crippen molar-refractivity contribution in [3.8, 4) is 0 Å². The van der Waals surface area contributed by atoms with Gasteiger partial charge in [-0.1, -0.05) is 18.2 Å². The van der Waals surface area contributed by atoms with Crippen LogP contribution in [0.3, 0.4) is 0 Å². The highest BCUT2D eigenvalue weighted by Crippen LogP contribution is 2.25. The summed E-state index contributed by atoms with van der Waals surface area (Å²) in [7, 11) is 3.96. The third-order valence-electron chi connectivity index (χ3n) is 4.98. The monoisotopic (exact) mass is 408 g/mol. The molecule has 0 unspecified atom stereocenters. The number of para-hydroxylation sites is 1. The van der Waals surface area contributed by atoms with Crippen molar-refractivity contribution in [1.82, 2.24) is 25.2 Å². The van der Waals surface area contributed by atoms with Crippen LogP contribution in [0.1, 0.15) is 21.6 Å². The predicted octanol–water partition coefficient (Wildman–Crippen LogP) is 1.13. The maximum absolute atomic E-state index is 12.5. The zero-order valence-electron chi connectivity index (χ0n) is 17.6. The molecule has 2 heterocycles. The summed E-state index contributed by atoms with van der Waals surface area (Å²) in [5.41, 5.74) is 14.5. The molecule has 2 aromatic heterocycles. The van der Waals surface area contributed by atoms with Gasteiger partial charge in [-0.15, -0.1) is 0 Å². The fourth-order valence-electron chi connectivity index (χ4n) is 3.14. The van der Waals surface area contributed by atoms with Gasteiger partial charge in [-0.25, -0.2) is 15.0 Å². The highest BCUT2D eigenvalue weighted by atomic mass is 16.1. The van der Waals surface area contributed by atoms with Gasteiger partial charge in [-0.3, -0.25) is 9.69 Å². The Balaban J connectivity index is 1.89. The van der Waals surface area contributed by atoms with Crippen LogP contribution in [-0.2, 0) is 6.54 Å². The molecule has 0 aliphatic heterocycles. The van der Waals surface area contributed by atoms with Crippen LogP contribution in [-0.4, -0.2) is 59.6 Å². The second-order valence-electron chi connectivity index (χ2n) is 7.27. The van der Waals surface area contributed by atoms with E-state index in [0.29, 0.717) is 6.67 Å². The van der Waals surface area contributed by atoms with Crippen LogP contribution in [0.5, 0.6) is 0 Å². The van der Waals surface area contributed by atoms with Gasteiger partial charge in [0.05, 0.1) is 5.52 Å². The SMILES string of the molecule is Cc1cccc2cc(CNC(=O)c3nccnc3N)c(N(C)CCN(C)CN)nc12. The minimum Gasteiger partial charge on any atom is -0.382 e. The van der Waals surface area contributed by atoms with E-state index < -0.39 is 0 Å². The molecule has 0 radical (unpaired) electrons. The smallest absolute Gasteiger partial charge is 0.273 e. The Labute approximate surface area is 176 Å². The molecule has 5 N–H and O–H groups in total. The summed E-state index contributed by atoms with van der Waals surface area (Å²) in [4.78, 5) is 29.5. The van der Waals surface area contributed by atoms with E-state index in [9.17, 15) is 4.79 Å². The number of hydrogen-bond donors (Lipinski definition) is 3. The molecule has 1 aromatic carbocycles. The van der Waals surface area contributed by atoms with Crippen LogP contribution in [0.4, 0.5) is 11.6 Å². The lowest BCUT2D eigenvalue weighted by molar-refractivity contribution is 0.0946.